The van der Waals surface area contributed by atoms with E-state index in [1.807, 2.05) is 19.1 Å². The predicted molar refractivity (Wildman–Crippen MR) is 102 cm³/mol. The van der Waals surface area contributed by atoms with E-state index in [1.165, 1.54) is 14.0 Å². The van der Waals surface area contributed by atoms with Crippen LogP contribution >= 0.6 is 0 Å². The lowest BCUT2D eigenvalue weighted by atomic mass is 9.98. The first-order chi connectivity index (χ1) is 12.9. The number of carbonyl (C=O) groups is 3. The molecule has 0 amide bonds. The van der Waals surface area contributed by atoms with Gasteiger partial charge in [-0.15, -0.1) is 0 Å². The molecule has 1 aliphatic carbocycles. The number of unbranched alkanes of at least 4 members (excludes halogenated alkanes) is 1. The Morgan fingerprint density at radius 2 is 2.00 bits per heavy atom. The number of rotatable bonds is 12. The van der Waals surface area contributed by atoms with Crippen LogP contribution in [-0.4, -0.2) is 42.1 Å². The lowest BCUT2D eigenvalue weighted by molar-refractivity contribution is -0.149. The first kappa shape index (κ1) is 23.1. The lowest BCUT2D eigenvalue weighted by Crippen LogP contribution is -2.18. The summed E-state index contributed by atoms with van der Waals surface area (Å²) in [5, 5.41) is 10.2. The molecule has 0 bridgehead atoms. The van der Waals surface area contributed by atoms with E-state index in [9.17, 15) is 19.5 Å². The third-order valence-electron chi connectivity index (χ3n) is 4.68. The molecular formula is C21H32O6. The molecule has 0 saturated heterocycles. The number of ether oxygens (including phenoxy) is 2. The third kappa shape index (κ3) is 8.52. The van der Waals surface area contributed by atoms with Gasteiger partial charge in [0.15, 0.2) is 5.78 Å². The van der Waals surface area contributed by atoms with Crippen molar-refractivity contribution >= 4 is 17.7 Å². The number of aliphatic hydroxyl groups is 1. The van der Waals surface area contributed by atoms with Gasteiger partial charge in [-0.3, -0.25) is 14.4 Å². The Hall–Kier alpha value is -1.95. The Bertz CT molecular complexity index is 575. The quantitative estimate of drug-likeness (QED) is 0.317. The van der Waals surface area contributed by atoms with Crippen LogP contribution in [0.5, 0.6) is 0 Å². The lowest BCUT2D eigenvalue weighted by Gasteiger charge is -2.17. The molecule has 152 valence electrons. The first-order valence-corrected chi connectivity index (χ1v) is 9.71. The number of Topliss-reactive ketones (excluding diaryl/α,β-unsaturated/α-hetero) is 1. The van der Waals surface area contributed by atoms with Gasteiger partial charge in [0, 0.05) is 25.3 Å². The average molecular weight is 380 g/mol. The summed E-state index contributed by atoms with van der Waals surface area (Å²) in [6, 6.07) is 0. The van der Waals surface area contributed by atoms with Crippen LogP contribution in [0.25, 0.3) is 0 Å². The molecule has 0 aromatic rings. The van der Waals surface area contributed by atoms with Gasteiger partial charge in [-0.05, 0) is 50.5 Å². The molecule has 1 aliphatic rings. The van der Waals surface area contributed by atoms with E-state index in [-0.39, 0.29) is 36.7 Å². The maximum absolute atomic E-state index is 12.1. The second-order valence-electron chi connectivity index (χ2n) is 6.82. The monoisotopic (exact) mass is 380 g/mol. The Kier molecular flexibility index (Phi) is 10.6. The van der Waals surface area contributed by atoms with Crippen molar-refractivity contribution in [3.05, 3.63) is 23.3 Å². The largest absolute Gasteiger partial charge is 0.469 e. The molecule has 0 unspecified atom stereocenters. The molecule has 27 heavy (non-hydrogen) atoms. The van der Waals surface area contributed by atoms with Crippen molar-refractivity contribution in [1.82, 2.24) is 0 Å². The highest BCUT2D eigenvalue weighted by Gasteiger charge is 2.29. The number of hydrogen-bond acceptors (Lipinski definition) is 6. The summed E-state index contributed by atoms with van der Waals surface area (Å²) < 4.78 is 9.89. The topological polar surface area (TPSA) is 89.9 Å². The van der Waals surface area contributed by atoms with Crippen molar-refractivity contribution in [2.24, 2.45) is 0 Å². The SMILES string of the molecule is CC/C=C\CC1=C(CCCC[C@@H](CCC(=O)OC)OC(C)=O)[C@@H](O)CC1=O. The number of esters is 2. The van der Waals surface area contributed by atoms with Crippen molar-refractivity contribution in [2.45, 2.75) is 83.8 Å². The second kappa shape index (κ2) is 12.4. The van der Waals surface area contributed by atoms with Gasteiger partial charge in [0.05, 0.1) is 13.2 Å². The minimum Gasteiger partial charge on any atom is -0.469 e. The maximum Gasteiger partial charge on any atom is 0.305 e. The maximum atomic E-state index is 12.1. The fourth-order valence-corrected chi connectivity index (χ4v) is 3.30. The van der Waals surface area contributed by atoms with Crippen molar-refractivity contribution in [2.75, 3.05) is 7.11 Å². The van der Waals surface area contributed by atoms with Crippen molar-refractivity contribution in [1.29, 1.82) is 0 Å². The van der Waals surface area contributed by atoms with E-state index in [0.717, 1.165) is 30.4 Å². The normalized spacial score (nSPS) is 18.2. The van der Waals surface area contributed by atoms with Crippen LogP contribution in [0.15, 0.2) is 23.3 Å². The van der Waals surface area contributed by atoms with Gasteiger partial charge in [0.25, 0.3) is 0 Å². The summed E-state index contributed by atoms with van der Waals surface area (Å²) in [5.41, 5.74) is 1.59. The zero-order valence-electron chi connectivity index (χ0n) is 16.7. The van der Waals surface area contributed by atoms with Crippen LogP contribution in [0.4, 0.5) is 0 Å². The van der Waals surface area contributed by atoms with E-state index >= 15 is 0 Å². The van der Waals surface area contributed by atoms with Gasteiger partial charge in [-0.1, -0.05) is 19.1 Å². The zero-order valence-corrected chi connectivity index (χ0v) is 16.7. The number of hydrogen-bond donors (Lipinski definition) is 1. The molecule has 1 N–H and O–H groups in total. The van der Waals surface area contributed by atoms with E-state index in [1.54, 1.807) is 0 Å². The molecule has 0 radical (unpaired) electrons. The molecular weight excluding hydrogens is 348 g/mol. The Morgan fingerprint density at radius 1 is 1.26 bits per heavy atom. The highest BCUT2D eigenvalue weighted by molar-refractivity contribution is 5.99. The molecule has 1 rings (SSSR count). The smallest absolute Gasteiger partial charge is 0.305 e. The summed E-state index contributed by atoms with van der Waals surface area (Å²) in [6.07, 6.45) is 8.19. The summed E-state index contributed by atoms with van der Waals surface area (Å²) in [5.74, 6) is -0.654. The molecule has 0 aromatic carbocycles. The van der Waals surface area contributed by atoms with E-state index in [0.29, 0.717) is 25.7 Å². The average Bonchev–Trinajstić information content (AvgIpc) is 2.89. The Balaban J connectivity index is 2.53. The minimum absolute atomic E-state index is 0.0362. The molecule has 0 saturated carbocycles. The van der Waals surface area contributed by atoms with Gasteiger partial charge in [-0.2, -0.15) is 0 Å². The molecule has 0 aliphatic heterocycles. The van der Waals surface area contributed by atoms with Gasteiger partial charge in [-0.25, -0.2) is 0 Å². The number of aliphatic hydroxyl groups excluding tert-OH is 1. The van der Waals surface area contributed by atoms with Crippen molar-refractivity contribution in [3.8, 4) is 0 Å². The van der Waals surface area contributed by atoms with Crippen LogP contribution in [0.3, 0.4) is 0 Å². The summed E-state index contributed by atoms with van der Waals surface area (Å²) in [6.45, 7) is 3.39. The Labute approximate surface area is 161 Å². The first-order valence-electron chi connectivity index (χ1n) is 9.71. The van der Waals surface area contributed by atoms with Gasteiger partial charge in [0.2, 0.25) is 0 Å². The van der Waals surface area contributed by atoms with Crippen LogP contribution in [-0.2, 0) is 23.9 Å². The number of allylic oxidation sites excluding steroid dienone is 3. The molecule has 6 nitrogen and oxygen atoms in total. The number of carbonyl (C=O) groups excluding carboxylic acids is 3. The summed E-state index contributed by atoms with van der Waals surface area (Å²) >= 11 is 0. The molecule has 0 heterocycles. The molecule has 6 heteroatoms. The van der Waals surface area contributed by atoms with Crippen LogP contribution in [0, 0.1) is 0 Å². The van der Waals surface area contributed by atoms with Crippen LogP contribution < -0.4 is 0 Å². The number of methoxy groups -OCH3 is 1. The zero-order chi connectivity index (χ0) is 20.2. The summed E-state index contributed by atoms with van der Waals surface area (Å²) in [7, 11) is 1.33. The van der Waals surface area contributed by atoms with Crippen molar-refractivity contribution < 1.29 is 29.0 Å². The van der Waals surface area contributed by atoms with Crippen LogP contribution in [0.1, 0.15) is 71.6 Å². The third-order valence-corrected chi connectivity index (χ3v) is 4.68. The van der Waals surface area contributed by atoms with E-state index in [2.05, 4.69) is 4.74 Å². The molecule has 2 atom stereocenters. The standard InChI is InChI=1S/C21H32O6/c1-4-5-6-10-17-18(20(24)14-19(17)23)11-8-7-9-16(27-15(2)22)12-13-21(25)26-3/h5-6,16,20,24H,4,7-14H2,1-3H3/b6-5-/t16-,20-/m0/s1. The van der Waals surface area contributed by atoms with Gasteiger partial charge < -0.3 is 14.6 Å². The highest BCUT2D eigenvalue weighted by atomic mass is 16.5. The fourth-order valence-electron chi connectivity index (χ4n) is 3.30. The predicted octanol–water partition coefficient (Wildman–Crippen LogP) is 3.42. The highest BCUT2D eigenvalue weighted by Crippen LogP contribution is 2.30. The van der Waals surface area contributed by atoms with Gasteiger partial charge in [0.1, 0.15) is 6.10 Å². The molecule has 0 spiro atoms. The molecule has 0 aromatic heterocycles. The van der Waals surface area contributed by atoms with Gasteiger partial charge >= 0.3 is 11.9 Å². The van der Waals surface area contributed by atoms with Crippen molar-refractivity contribution in [3.63, 3.8) is 0 Å². The Morgan fingerprint density at radius 3 is 2.63 bits per heavy atom. The summed E-state index contributed by atoms with van der Waals surface area (Å²) in [4.78, 5) is 34.6. The van der Waals surface area contributed by atoms with E-state index < -0.39 is 6.10 Å². The molecule has 0 fully saturated rings. The second-order valence-corrected chi connectivity index (χ2v) is 6.82. The fraction of sp³-hybridized carbons (Fsp3) is 0.667. The van der Waals surface area contributed by atoms with E-state index in [4.69, 9.17) is 4.74 Å². The minimum atomic E-state index is -0.675. The number of ketones is 1. The van der Waals surface area contributed by atoms with Crippen LogP contribution in [0.2, 0.25) is 0 Å².